The molecule has 2 N–H and O–H groups in total. The van der Waals surface area contributed by atoms with Crippen molar-refractivity contribution in [3.05, 3.63) is 53.3 Å². The Labute approximate surface area is 118 Å². The van der Waals surface area contributed by atoms with Gasteiger partial charge in [-0.15, -0.1) is 0 Å². The zero-order chi connectivity index (χ0) is 13.2. The quantitative estimate of drug-likeness (QED) is 0.754. The number of anilines is 2. The van der Waals surface area contributed by atoms with Crippen LogP contribution in [0.5, 0.6) is 5.75 Å². The molecule has 2 aromatic carbocycles. The lowest BCUT2D eigenvalue weighted by Gasteiger charge is -2.08. The van der Waals surface area contributed by atoms with E-state index in [1.54, 1.807) is 18.2 Å². The number of nitrogens with one attached hydrogen (secondary N) is 1. The SMILES string of the molecule is Oc1ccc2c(Nc3cccc(Br)c3)ncnc2c1. The van der Waals surface area contributed by atoms with Crippen LogP contribution in [0.2, 0.25) is 0 Å². The highest BCUT2D eigenvalue weighted by Crippen LogP contribution is 2.26. The monoisotopic (exact) mass is 315 g/mol. The number of halogens is 1. The van der Waals surface area contributed by atoms with Crippen molar-refractivity contribution in [2.75, 3.05) is 5.32 Å². The molecule has 0 saturated carbocycles. The van der Waals surface area contributed by atoms with Gasteiger partial charge < -0.3 is 10.4 Å². The van der Waals surface area contributed by atoms with Crippen molar-refractivity contribution < 1.29 is 5.11 Å². The van der Waals surface area contributed by atoms with Crippen molar-refractivity contribution in [1.82, 2.24) is 9.97 Å². The van der Waals surface area contributed by atoms with Crippen molar-refractivity contribution in [1.29, 1.82) is 0 Å². The van der Waals surface area contributed by atoms with E-state index in [0.717, 1.165) is 15.5 Å². The van der Waals surface area contributed by atoms with Crippen molar-refractivity contribution in [3.8, 4) is 5.75 Å². The lowest BCUT2D eigenvalue weighted by Crippen LogP contribution is -1.95. The van der Waals surface area contributed by atoms with Gasteiger partial charge in [-0.05, 0) is 30.3 Å². The third kappa shape index (κ3) is 2.51. The third-order valence-corrected chi connectivity index (χ3v) is 3.20. The summed E-state index contributed by atoms with van der Waals surface area (Å²) >= 11 is 3.43. The Balaban J connectivity index is 2.06. The molecular weight excluding hydrogens is 306 g/mol. The summed E-state index contributed by atoms with van der Waals surface area (Å²) in [4.78, 5) is 8.38. The fourth-order valence-electron chi connectivity index (χ4n) is 1.85. The first-order valence-corrected chi connectivity index (χ1v) is 6.48. The first-order valence-electron chi connectivity index (χ1n) is 5.69. The lowest BCUT2D eigenvalue weighted by atomic mass is 10.2. The van der Waals surface area contributed by atoms with E-state index in [1.165, 1.54) is 6.33 Å². The molecule has 0 bridgehead atoms. The van der Waals surface area contributed by atoms with Gasteiger partial charge in [-0.2, -0.15) is 0 Å². The first-order chi connectivity index (χ1) is 9.22. The van der Waals surface area contributed by atoms with Crippen molar-refractivity contribution in [3.63, 3.8) is 0 Å². The molecular formula is C14H10BrN3O. The van der Waals surface area contributed by atoms with Crippen LogP contribution in [-0.4, -0.2) is 15.1 Å². The summed E-state index contributed by atoms with van der Waals surface area (Å²) in [7, 11) is 0. The fourth-order valence-corrected chi connectivity index (χ4v) is 2.25. The van der Waals surface area contributed by atoms with Crippen LogP contribution in [0.15, 0.2) is 53.3 Å². The Morgan fingerprint density at radius 2 is 1.95 bits per heavy atom. The summed E-state index contributed by atoms with van der Waals surface area (Å²) in [5.41, 5.74) is 1.63. The van der Waals surface area contributed by atoms with Crippen LogP contribution < -0.4 is 5.32 Å². The molecule has 94 valence electrons. The summed E-state index contributed by atoms with van der Waals surface area (Å²) in [6.07, 6.45) is 1.47. The molecule has 0 atom stereocenters. The molecule has 0 unspecified atom stereocenters. The first kappa shape index (κ1) is 11.9. The average Bonchev–Trinajstić information content (AvgIpc) is 2.38. The standard InChI is InChI=1S/C14H10BrN3O/c15-9-2-1-3-10(6-9)18-14-12-5-4-11(19)7-13(12)16-8-17-14/h1-8,19H,(H,16,17,18). The van der Waals surface area contributed by atoms with Crippen LogP contribution in [-0.2, 0) is 0 Å². The van der Waals surface area contributed by atoms with Gasteiger partial charge in [0.25, 0.3) is 0 Å². The molecule has 0 radical (unpaired) electrons. The number of nitrogens with zero attached hydrogens (tertiary/aromatic N) is 2. The molecule has 1 heterocycles. The summed E-state index contributed by atoms with van der Waals surface area (Å²) in [5.74, 6) is 0.905. The van der Waals surface area contributed by atoms with Crippen LogP contribution >= 0.6 is 15.9 Å². The molecule has 0 amide bonds. The second-order valence-corrected chi connectivity index (χ2v) is 4.97. The van der Waals surface area contributed by atoms with Crippen molar-refractivity contribution in [2.45, 2.75) is 0 Å². The minimum absolute atomic E-state index is 0.194. The highest BCUT2D eigenvalue weighted by atomic mass is 79.9. The van der Waals surface area contributed by atoms with Crippen LogP contribution in [0, 0.1) is 0 Å². The van der Waals surface area contributed by atoms with Gasteiger partial charge >= 0.3 is 0 Å². The minimum atomic E-state index is 0.194. The van der Waals surface area contributed by atoms with Gasteiger partial charge in [-0.25, -0.2) is 9.97 Å². The van der Waals surface area contributed by atoms with Crippen LogP contribution in [0.25, 0.3) is 10.9 Å². The predicted octanol–water partition coefficient (Wildman–Crippen LogP) is 3.84. The summed E-state index contributed by atoms with van der Waals surface area (Å²) in [6, 6.07) is 12.9. The molecule has 1 aromatic heterocycles. The number of rotatable bonds is 2. The maximum Gasteiger partial charge on any atom is 0.141 e. The largest absolute Gasteiger partial charge is 0.508 e. The number of hydrogen-bond acceptors (Lipinski definition) is 4. The molecule has 5 heteroatoms. The number of phenols is 1. The van der Waals surface area contributed by atoms with E-state index in [1.807, 2.05) is 24.3 Å². The molecule has 0 aliphatic rings. The Morgan fingerprint density at radius 3 is 2.79 bits per heavy atom. The van der Waals surface area contributed by atoms with Gasteiger partial charge in [0, 0.05) is 21.6 Å². The summed E-state index contributed by atoms with van der Waals surface area (Å²) in [5, 5.41) is 13.6. The Kier molecular flexibility index (Phi) is 3.05. The molecule has 19 heavy (non-hydrogen) atoms. The van der Waals surface area contributed by atoms with Crippen LogP contribution in [0.4, 0.5) is 11.5 Å². The maximum atomic E-state index is 9.46. The molecule has 0 fully saturated rings. The maximum absolute atomic E-state index is 9.46. The van der Waals surface area contributed by atoms with E-state index in [-0.39, 0.29) is 5.75 Å². The van der Waals surface area contributed by atoms with Gasteiger partial charge in [-0.3, -0.25) is 0 Å². The Bertz CT molecular complexity index is 746. The lowest BCUT2D eigenvalue weighted by molar-refractivity contribution is 0.476. The summed E-state index contributed by atoms with van der Waals surface area (Å²) in [6.45, 7) is 0. The molecule has 0 aliphatic carbocycles. The Hall–Kier alpha value is -2.14. The minimum Gasteiger partial charge on any atom is -0.508 e. The molecule has 3 rings (SSSR count). The molecule has 4 nitrogen and oxygen atoms in total. The smallest absolute Gasteiger partial charge is 0.141 e. The van der Waals surface area contributed by atoms with E-state index >= 15 is 0 Å². The second kappa shape index (κ2) is 4.85. The Morgan fingerprint density at radius 1 is 1.05 bits per heavy atom. The van der Waals surface area contributed by atoms with E-state index < -0.39 is 0 Å². The molecule has 0 aliphatic heterocycles. The van der Waals surface area contributed by atoms with Gasteiger partial charge in [0.05, 0.1) is 5.52 Å². The number of fused-ring (bicyclic) bond motifs is 1. The van der Waals surface area contributed by atoms with E-state index in [2.05, 4.69) is 31.2 Å². The zero-order valence-corrected chi connectivity index (χ0v) is 11.4. The van der Waals surface area contributed by atoms with Gasteiger partial charge in [0.1, 0.15) is 17.9 Å². The predicted molar refractivity (Wildman–Crippen MR) is 78.6 cm³/mol. The highest BCUT2D eigenvalue weighted by molar-refractivity contribution is 9.10. The molecule has 3 aromatic rings. The third-order valence-electron chi connectivity index (χ3n) is 2.71. The second-order valence-electron chi connectivity index (χ2n) is 4.06. The topological polar surface area (TPSA) is 58.0 Å². The van der Waals surface area contributed by atoms with E-state index in [4.69, 9.17) is 0 Å². The van der Waals surface area contributed by atoms with Crippen LogP contribution in [0.1, 0.15) is 0 Å². The van der Waals surface area contributed by atoms with Crippen molar-refractivity contribution >= 4 is 38.3 Å². The number of aromatic nitrogens is 2. The van der Waals surface area contributed by atoms with Crippen LogP contribution in [0.3, 0.4) is 0 Å². The van der Waals surface area contributed by atoms with Gasteiger partial charge in [0.15, 0.2) is 0 Å². The van der Waals surface area contributed by atoms with Gasteiger partial charge in [-0.1, -0.05) is 22.0 Å². The number of aromatic hydroxyl groups is 1. The molecule has 0 saturated heterocycles. The summed E-state index contributed by atoms with van der Waals surface area (Å²) < 4.78 is 0.994. The van der Waals surface area contributed by atoms with Gasteiger partial charge in [0.2, 0.25) is 0 Å². The average molecular weight is 316 g/mol. The highest BCUT2D eigenvalue weighted by Gasteiger charge is 2.04. The number of phenolic OH excluding ortho intramolecular Hbond substituents is 1. The zero-order valence-electron chi connectivity index (χ0n) is 9.84. The van der Waals surface area contributed by atoms with Crippen molar-refractivity contribution in [2.24, 2.45) is 0 Å². The fraction of sp³-hybridized carbons (Fsp3) is 0. The normalized spacial score (nSPS) is 10.6. The van der Waals surface area contributed by atoms with E-state index in [9.17, 15) is 5.11 Å². The molecule has 0 spiro atoms. The number of hydrogen-bond donors (Lipinski definition) is 2. The van der Waals surface area contributed by atoms with E-state index in [0.29, 0.717) is 11.3 Å². The number of benzene rings is 2.